The molecule has 1 aromatic rings. The molecule has 26 heavy (non-hydrogen) atoms. The number of ketones is 1. The molecule has 0 aliphatic carbocycles. The van der Waals surface area contributed by atoms with Crippen molar-refractivity contribution in [2.24, 2.45) is 5.92 Å². The third kappa shape index (κ3) is 6.13. The fourth-order valence-corrected chi connectivity index (χ4v) is 2.59. The summed E-state index contributed by atoms with van der Waals surface area (Å²) >= 11 is 0. The van der Waals surface area contributed by atoms with Crippen molar-refractivity contribution in [1.82, 2.24) is 0 Å². The number of cyclic esters (lactones) is 1. The van der Waals surface area contributed by atoms with Crippen LogP contribution in [0.25, 0.3) is 6.08 Å². The summed E-state index contributed by atoms with van der Waals surface area (Å²) in [6, 6.07) is 3.40. The van der Waals surface area contributed by atoms with E-state index in [1.807, 2.05) is 32.1 Å². The van der Waals surface area contributed by atoms with E-state index in [0.29, 0.717) is 12.0 Å². The van der Waals surface area contributed by atoms with Crippen LogP contribution in [-0.4, -0.2) is 33.9 Å². The Kier molecular flexibility index (Phi) is 9.54. The van der Waals surface area contributed by atoms with Crippen LogP contribution in [0, 0.1) is 12.8 Å². The molecule has 0 spiro atoms. The summed E-state index contributed by atoms with van der Waals surface area (Å²) in [7, 11) is 0. The Morgan fingerprint density at radius 3 is 2.50 bits per heavy atom. The fourth-order valence-electron chi connectivity index (χ4n) is 2.59. The lowest BCUT2D eigenvalue weighted by molar-refractivity contribution is -0.114. The molecule has 1 aliphatic heterocycles. The minimum atomic E-state index is -0.553. The molecule has 1 aromatic carbocycles. The molecule has 1 heterocycles. The molecule has 0 aromatic heterocycles. The molecule has 0 saturated carbocycles. The molecule has 6 nitrogen and oxygen atoms in total. The highest BCUT2D eigenvalue weighted by Crippen LogP contribution is 2.27. The lowest BCUT2D eigenvalue weighted by Gasteiger charge is -2.19. The van der Waals surface area contributed by atoms with Gasteiger partial charge in [-0.2, -0.15) is 0 Å². The second kappa shape index (κ2) is 10.5. The summed E-state index contributed by atoms with van der Waals surface area (Å²) < 4.78 is 5.49. The van der Waals surface area contributed by atoms with Crippen LogP contribution in [0.4, 0.5) is 0 Å². The van der Waals surface area contributed by atoms with Crippen molar-refractivity contribution in [2.75, 3.05) is 0 Å². The summed E-state index contributed by atoms with van der Waals surface area (Å²) in [6.45, 7) is 5.53. The first-order chi connectivity index (χ1) is 11.4. The van der Waals surface area contributed by atoms with Crippen LogP contribution in [0.5, 0.6) is 5.75 Å². The zero-order valence-corrected chi connectivity index (χ0v) is 15.4. The summed E-state index contributed by atoms with van der Waals surface area (Å²) in [5.41, 5.74) is 1.69. The SMILES string of the molecule is Cc1cc(O)c2c(c1)/C=C/CCCC(=O)/C=C\[C@@H](C)[C@H](C)OC2=O.O.O. The molecule has 1 aliphatic rings. The zero-order chi connectivity index (χ0) is 17.7. The number of benzene rings is 1. The molecule has 5 N–H and O–H groups in total. The van der Waals surface area contributed by atoms with Gasteiger partial charge in [-0.3, -0.25) is 4.79 Å². The predicted molar refractivity (Wildman–Crippen MR) is 101 cm³/mol. The van der Waals surface area contributed by atoms with E-state index >= 15 is 0 Å². The van der Waals surface area contributed by atoms with E-state index < -0.39 is 12.1 Å². The number of hydrogen-bond donors (Lipinski definition) is 1. The maximum atomic E-state index is 12.5. The van der Waals surface area contributed by atoms with Crippen LogP contribution < -0.4 is 0 Å². The number of carbonyl (C=O) groups is 2. The molecule has 0 fully saturated rings. The fraction of sp³-hybridized carbons (Fsp3) is 0.400. The number of phenols is 1. The third-order valence-electron chi connectivity index (χ3n) is 4.21. The Morgan fingerprint density at radius 1 is 1.12 bits per heavy atom. The Morgan fingerprint density at radius 2 is 1.81 bits per heavy atom. The van der Waals surface area contributed by atoms with E-state index in [9.17, 15) is 14.7 Å². The molecule has 0 unspecified atom stereocenters. The van der Waals surface area contributed by atoms with Crippen LogP contribution in [0.15, 0.2) is 30.4 Å². The van der Waals surface area contributed by atoms with E-state index in [4.69, 9.17) is 4.74 Å². The van der Waals surface area contributed by atoms with Crippen LogP contribution in [0.1, 0.15) is 54.6 Å². The molecular formula is C20H28O6. The summed E-state index contributed by atoms with van der Waals surface area (Å²) in [6.07, 6.45) is 8.64. The first-order valence-electron chi connectivity index (χ1n) is 8.30. The Labute approximate surface area is 153 Å². The topological polar surface area (TPSA) is 127 Å². The van der Waals surface area contributed by atoms with Crippen LogP contribution in [0.3, 0.4) is 0 Å². The standard InChI is InChI=1S/C20H24O4.2H2O/c1-13-11-16-7-5-4-6-8-17(21)10-9-14(2)15(3)24-20(23)19(16)18(22)12-13;;/h5,7,9-12,14-15,22H,4,6,8H2,1-3H3;2*1H2/b7-5+,10-9-;;/t14-,15+;;/m1../s1. The van der Waals surface area contributed by atoms with Gasteiger partial charge in [0.25, 0.3) is 0 Å². The predicted octanol–water partition coefficient (Wildman–Crippen LogP) is 2.56. The smallest absolute Gasteiger partial charge is 0.342 e. The number of esters is 1. The van der Waals surface area contributed by atoms with Gasteiger partial charge in [0.2, 0.25) is 0 Å². The van der Waals surface area contributed by atoms with Crippen molar-refractivity contribution >= 4 is 17.8 Å². The second-order valence-electron chi connectivity index (χ2n) is 6.34. The van der Waals surface area contributed by atoms with Gasteiger partial charge in [-0.15, -0.1) is 0 Å². The van der Waals surface area contributed by atoms with E-state index in [1.165, 1.54) is 0 Å². The van der Waals surface area contributed by atoms with Gasteiger partial charge in [-0.1, -0.05) is 31.2 Å². The van der Waals surface area contributed by atoms with Gasteiger partial charge in [-0.25, -0.2) is 4.79 Å². The third-order valence-corrected chi connectivity index (χ3v) is 4.21. The highest BCUT2D eigenvalue weighted by molar-refractivity contribution is 5.97. The number of aryl methyl sites for hydroxylation is 1. The van der Waals surface area contributed by atoms with Gasteiger partial charge >= 0.3 is 5.97 Å². The molecule has 0 saturated heterocycles. The lowest BCUT2D eigenvalue weighted by atomic mass is 10.0. The van der Waals surface area contributed by atoms with Crippen molar-refractivity contribution < 1.29 is 30.4 Å². The van der Waals surface area contributed by atoms with Crippen molar-refractivity contribution in [3.63, 3.8) is 0 Å². The van der Waals surface area contributed by atoms with Gasteiger partial charge in [0.15, 0.2) is 5.78 Å². The number of ether oxygens (including phenoxy) is 1. The Bertz CT molecular complexity index is 690. The Hall–Kier alpha value is -2.44. The maximum Gasteiger partial charge on any atom is 0.342 e. The largest absolute Gasteiger partial charge is 0.507 e. The quantitative estimate of drug-likeness (QED) is 0.710. The number of fused-ring (bicyclic) bond motifs is 1. The molecule has 0 bridgehead atoms. The van der Waals surface area contributed by atoms with E-state index in [-0.39, 0.29) is 34.0 Å². The van der Waals surface area contributed by atoms with Gasteiger partial charge in [0.1, 0.15) is 17.4 Å². The summed E-state index contributed by atoms with van der Waals surface area (Å²) in [5, 5.41) is 10.2. The second-order valence-corrected chi connectivity index (χ2v) is 6.34. The van der Waals surface area contributed by atoms with E-state index in [1.54, 1.807) is 25.1 Å². The lowest BCUT2D eigenvalue weighted by Crippen LogP contribution is -2.22. The number of carbonyl (C=O) groups excluding carboxylic acids is 2. The minimum absolute atomic E-state index is 0. The van der Waals surface area contributed by atoms with Crippen molar-refractivity contribution in [3.05, 3.63) is 47.1 Å². The molecular weight excluding hydrogens is 336 g/mol. The molecule has 0 amide bonds. The highest BCUT2D eigenvalue weighted by atomic mass is 16.5. The van der Waals surface area contributed by atoms with Gasteiger partial charge in [-0.05, 0) is 50.0 Å². The number of aromatic hydroxyl groups is 1. The van der Waals surface area contributed by atoms with Gasteiger partial charge in [0, 0.05) is 12.3 Å². The average Bonchev–Trinajstić information content (AvgIpc) is 2.50. The van der Waals surface area contributed by atoms with Crippen molar-refractivity contribution in [3.8, 4) is 5.75 Å². The molecule has 144 valence electrons. The molecule has 0 radical (unpaired) electrons. The number of allylic oxidation sites excluding steroid dienone is 2. The van der Waals surface area contributed by atoms with Crippen molar-refractivity contribution in [1.29, 1.82) is 0 Å². The number of phenolic OH excluding ortho intramolecular Hbond substituents is 1. The first kappa shape index (κ1) is 23.6. The number of hydrogen-bond acceptors (Lipinski definition) is 4. The van der Waals surface area contributed by atoms with Crippen LogP contribution in [-0.2, 0) is 9.53 Å². The normalized spacial score (nSPS) is 23.3. The van der Waals surface area contributed by atoms with Crippen LogP contribution >= 0.6 is 0 Å². The van der Waals surface area contributed by atoms with E-state index in [2.05, 4.69) is 0 Å². The molecule has 6 heteroatoms. The average molecular weight is 364 g/mol. The first-order valence-corrected chi connectivity index (χ1v) is 8.30. The van der Waals surface area contributed by atoms with Gasteiger partial charge in [0.05, 0.1) is 0 Å². The summed E-state index contributed by atoms with van der Waals surface area (Å²) in [4.78, 5) is 24.3. The van der Waals surface area contributed by atoms with Crippen molar-refractivity contribution in [2.45, 2.75) is 46.1 Å². The monoisotopic (exact) mass is 364 g/mol. The van der Waals surface area contributed by atoms with Gasteiger partial charge < -0.3 is 20.8 Å². The number of rotatable bonds is 0. The zero-order valence-electron chi connectivity index (χ0n) is 15.4. The van der Waals surface area contributed by atoms with Crippen LogP contribution in [0.2, 0.25) is 0 Å². The summed E-state index contributed by atoms with van der Waals surface area (Å²) in [5.74, 6) is -0.632. The minimum Gasteiger partial charge on any atom is -0.507 e. The maximum absolute atomic E-state index is 12.5. The Balaban J connectivity index is 0.00000312. The molecule has 2 atom stereocenters. The van der Waals surface area contributed by atoms with E-state index in [0.717, 1.165) is 18.4 Å². The highest BCUT2D eigenvalue weighted by Gasteiger charge is 2.22. The molecule has 2 rings (SSSR count).